The molecule has 0 atom stereocenters. The predicted octanol–water partition coefficient (Wildman–Crippen LogP) is 2.25. The molecule has 0 heterocycles. The largest absolute Gasteiger partial charge is 0.481 e. The zero-order valence-corrected chi connectivity index (χ0v) is 11.2. The molecule has 0 spiro atoms. The van der Waals surface area contributed by atoms with Crippen molar-refractivity contribution in [1.82, 2.24) is 5.32 Å². The number of nitrogens with one attached hydrogen (secondary N) is 1. The van der Waals surface area contributed by atoms with Crippen LogP contribution < -0.4 is 5.32 Å². The first-order valence-electron chi connectivity index (χ1n) is 6.31. The molecule has 1 saturated carbocycles. The number of halogens is 1. The van der Waals surface area contributed by atoms with Crippen LogP contribution in [0.5, 0.6) is 0 Å². The Morgan fingerprint density at radius 3 is 2.47 bits per heavy atom. The van der Waals surface area contributed by atoms with Crippen LogP contribution in [-0.2, 0) is 16.0 Å². The van der Waals surface area contributed by atoms with Gasteiger partial charge in [-0.05, 0) is 37.0 Å². The van der Waals surface area contributed by atoms with E-state index in [-0.39, 0.29) is 17.9 Å². The van der Waals surface area contributed by atoms with E-state index in [1.807, 2.05) is 12.1 Å². The van der Waals surface area contributed by atoms with E-state index >= 15 is 0 Å². The summed E-state index contributed by atoms with van der Waals surface area (Å²) in [6, 6.07) is 7.44. The monoisotopic (exact) mass is 281 g/mol. The molecule has 0 radical (unpaired) electrons. The fourth-order valence-corrected chi connectivity index (χ4v) is 2.27. The highest BCUT2D eigenvalue weighted by Crippen LogP contribution is 2.27. The second-order valence-corrected chi connectivity index (χ2v) is 5.33. The first-order chi connectivity index (χ1) is 9.04. The van der Waals surface area contributed by atoms with Crippen molar-refractivity contribution in [3.8, 4) is 0 Å². The average Bonchev–Trinajstić information content (AvgIpc) is 2.32. The number of amides is 1. The van der Waals surface area contributed by atoms with Crippen LogP contribution in [0.4, 0.5) is 0 Å². The molecule has 0 saturated heterocycles. The summed E-state index contributed by atoms with van der Waals surface area (Å²) in [4.78, 5) is 22.3. The normalized spacial score (nSPS) is 21.5. The Kier molecular flexibility index (Phi) is 4.43. The summed E-state index contributed by atoms with van der Waals surface area (Å²) in [6.45, 7) is 0. The topological polar surface area (TPSA) is 66.4 Å². The van der Waals surface area contributed by atoms with Gasteiger partial charge in [-0.3, -0.25) is 9.59 Å². The van der Waals surface area contributed by atoms with Crippen LogP contribution in [0.25, 0.3) is 0 Å². The maximum absolute atomic E-state index is 11.7. The zero-order chi connectivity index (χ0) is 13.8. The summed E-state index contributed by atoms with van der Waals surface area (Å²) < 4.78 is 0. The molecule has 0 aromatic heterocycles. The Morgan fingerprint density at radius 2 is 1.89 bits per heavy atom. The number of rotatable bonds is 5. The summed E-state index contributed by atoms with van der Waals surface area (Å²) in [7, 11) is 0. The third kappa shape index (κ3) is 3.96. The summed E-state index contributed by atoms with van der Waals surface area (Å²) in [5.41, 5.74) is 1.07. The first kappa shape index (κ1) is 13.9. The number of hydrogen-bond donors (Lipinski definition) is 2. The zero-order valence-electron chi connectivity index (χ0n) is 10.4. The SMILES string of the molecule is O=C(CCc1ccc(Cl)cc1)NC1CC(C(=O)O)C1. The third-order valence-corrected chi connectivity index (χ3v) is 3.66. The lowest BCUT2D eigenvalue weighted by atomic mass is 9.80. The molecule has 0 aliphatic heterocycles. The molecule has 2 rings (SSSR count). The molecule has 2 N–H and O–H groups in total. The quantitative estimate of drug-likeness (QED) is 0.870. The van der Waals surface area contributed by atoms with Crippen molar-refractivity contribution in [3.63, 3.8) is 0 Å². The molecule has 1 fully saturated rings. The van der Waals surface area contributed by atoms with Crippen LogP contribution in [0, 0.1) is 5.92 Å². The van der Waals surface area contributed by atoms with Crippen molar-refractivity contribution in [2.75, 3.05) is 0 Å². The fraction of sp³-hybridized carbons (Fsp3) is 0.429. The van der Waals surface area contributed by atoms with E-state index < -0.39 is 5.97 Å². The number of hydrogen-bond acceptors (Lipinski definition) is 2. The van der Waals surface area contributed by atoms with Crippen molar-refractivity contribution in [2.24, 2.45) is 5.92 Å². The van der Waals surface area contributed by atoms with Gasteiger partial charge in [0, 0.05) is 17.5 Å². The molecule has 1 aliphatic rings. The second-order valence-electron chi connectivity index (χ2n) is 4.90. The van der Waals surface area contributed by atoms with Gasteiger partial charge in [-0.25, -0.2) is 0 Å². The molecular weight excluding hydrogens is 266 g/mol. The number of benzene rings is 1. The second kappa shape index (κ2) is 6.06. The number of carboxylic acids is 1. The predicted molar refractivity (Wildman–Crippen MR) is 72.1 cm³/mol. The fourth-order valence-electron chi connectivity index (χ4n) is 2.15. The van der Waals surface area contributed by atoms with Crippen LogP contribution in [0.1, 0.15) is 24.8 Å². The third-order valence-electron chi connectivity index (χ3n) is 3.41. The molecule has 19 heavy (non-hydrogen) atoms. The summed E-state index contributed by atoms with van der Waals surface area (Å²) in [6.07, 6.45) is 2.16. The molecular formula is C14H16ClNO3. The lowest BCUT2D eigenvalue weighted by Crippen LogP contribution is -2.46. The highest BCUT2D eigenvalue weighted by molar-refractivity contribution is 6.30. The molecule has 4 nitrogen and oxygen atoms in total. The molecule has 0 unspecified atom stereocenters. The van der Waals surface area contributed by atoms with Crippen LogP contribution in [0.15, 0.2) is 24.3 Å². The Bertz CT molecular complexity index is 466. The van der Waals surface area contributed by atoms with Crippen molar-refractivity contribution in [3.05, 3.63) is 34.9 Å². The number of carbonyl (C=O) groups excluding carboxylic acids is 1. The van der Waals surface area contributed by atoms with Gasteiger partial charge in [-0.2, -0.15) is 0 Å². The minimum atomic E-state index is -0.772. The Morgan fingerprint density at radius 1 is 1.26 bits per heavy atom. The highest BCUT2D eigenvalue weighted by atomic mass is 35.5. The minimum Gasteiger partial charge on any atom is -0.481 e. The van der Waals surface area contributed by atoms with Gasteiger partial charge in [-0.1, -0.05) is 23.7 Å². The van der Waals surface area contributed by atoms with E-state index in [4.69, 9.17) is 16.7 Å². The lowest BCUT2D eigenvalue weighted by Gasteiger charge is -2.32. The van der Waals surface area contributed by atoms with Gasteiger partial charge in [0.25, 0.3) is 0 Å². The molecule has 1 aromatic carbocycles. The number of aryl methyl sites for hydroxylation is 1. The van der Waals surface area contributed by atoms with Crippen LogP contribution in [-0.4, -0.2) is 23.0 Å². The first-order valence-corrected chi connectivity index (χ1v) is 6.69. The molecule has 1 aromatic rings. The van der Waals surface area contributed by atoms with Crippen molar-refractivity contribution in [1.29, 1.82) is 0 Å². The Balaban J connectivity index is 1.68. The van der Waals surface area contributed by atoms with Gasteiger partial charge in [0.2, 0.25) is 5.91 Å². The van der Waals surface area contributed by atoms with Crippen molar-refractivity contribution >= 4 is 23.5 Å². The van der Waals surface area contributed by atoms with E-state index in [1.165, 1.54) is 0 Å². The van der Waals surface area contributed by atoms with Crippen LogP contribution in [0.2, 0.25) is 5.02 Å². The van der Waals surface area contributed by atoms with Crippen LogP contribution >= 0.6 is 11.6 Å². The van der Waals surface area contributed by atoms with Gasteiger partial charge in [0.05, 0.1) is 5.92 Å². The Labute approximate surface area is 116 Å². The minimum absolute atomic E-state index is 0.0243. The molecule has 1 amide bonds. The molecule has 0 bridgehead atoms. The Hall–Kier alpha value is -1.55. The maximum Gasteiger partial charge on any atom is 0.306 e. The van der Waals surface area contributed by atoms with Gasteiger partial charge in [0.15, 0.2) is 0 Å². The van der Waals surface area contributed by atoms with Gasteiger partial charge in [-0.15, -0.1) is 0 Å². The van der Waals surface area contributed by atoms with Crippen LogP contribution in [0.3, 0.4) is 0 Å². The standard InChI is InChI=1S/C14H16ClNO3/c15-11-4-1-9(2-5-11)3-6-13(17)16-12-7-10(8-12)14(18)19/h1-2,4-5,10,12H,3,6-8H2,(H,16,17)(H,18,19). The molecule has 1 aliphatic carbocycles. The molecule has 102 valence electrons. The van der Waals surface area contributed by atoms with E-state index in [0.717, 1.165) is 5.56 Å². The van der Waals surface area contributed by atoms with Gasteiger partial charge in [0.1, 0.15) is 0 Å². The highest BCUT2D eigenvalue weighted by Gasteiger charge is 2.34. The summed E-state index contributed by atoms with van der Waals surface area (Å²) in [5, 5.41) is 12.3. The van der Waals surface area contributed by atoms with Crippen molar-refractivity contribution < 1.29 is 14.7 Å². The lowest BCUT2D eigenvalue weighted by molar-refractivity contribution is -0.146. The number of carboxylic acid groups (broad SMARTS) is 1. The smallest absolute Gasteiger partial charge is 0.306 e. The van der Waals surface area contributed by atoms with E-state index in [9.17, 15) is 9.59 Å². The number of carbonyl (C=O) groups is 2. The van der Waals surface area contributed by atoms with E-state index in [1.54, 1.807) is 12.1 Å². The van der Waals surface area contributed by atoms with Gasteiger partial charge < -0.3 is 10.4 Å². The van der Waals surface area contributed by atoms with E-state index in [2.05, 4.69) is 5.32 Å². The number of aliphatic carboxylic acids is 1. The molecule has 5 heteroatoms. The van der Waals surface area contributed by atoms with E-state index in [0.29, 0.717) is 30.7 Å². The average molecular weight is 282 g/mol. The maximum atomic E-state index is 11.7. The summed E-state index contributed by atoms with van der Waals surface area (Å²) in [5.74, 6) is -1.09. The van der Waals surface area contributed by atoms with Crippen molar-refractivity contribution in [2.45, 2.75) is 31.7 Å². The van der Waals surface area contributed by atoms with Gasteiger partial charge >= 0.3 is 5.97 Å². The summed E-state index contributed by atoms with van der Waals surface area (Å²) >= 11 is 5.78.